The first-order valence-corrected chi connectivity index (χ1v) is 8.12. The topological polar surface area (TPSA) is 49.3 Å². The minimum atomic E-state index is -0.563. The third-order valence-corrected chi connectivity index (χ3v) is 4.41. The number of halogens is 2. The van der Waals surface area contributed by atoms with Crippen LogP contribution in [0.4, 0.5) is 8.78 Å². The fraction of sp³-hybridized carbons (Fsp3) is 0.375. The molecule has 2 N–H and O–H groups in total. The number of nitrogens with zero attached hydrogens (tertiary/aromatic N) is 2. The average Bonchev–Trinajstić information content (AvgIpc) is 2.82. The standard InChI is InChI=1S/C16H20F2N4S/c1-10-15(23-11(2)22-10)9-21-16(19-3)20-7-6-12-4-5-13(17)8-14(12)18/h4-5,8H,6-7,9H2,1-3H3,(H2,19,20,21). The summed E-state index contributed by atoms with van der Waals surface area (Å²) >= 11 is 1.65. The minimum absolute atomic E-state index is 0.450. The molecule has 0 atom stereocenters. The van der Waals surface area contributed by atoms with Gasteiger partial charge in [-0.05, 0) is 31.9 Å². The second-order valence-electron chi connectivity index (χ2n) is 5.08. The van der Waals surface area contributed by atoms with Gasteiger partial charge in [0.1, 0.15) is 11.6 Å². The molecule has 4 nitrogen and oxygen atoms in total. The molecule has 2 rings (SSSR count). The Morgan fingerprint density at radius 2 is 2.04 bits per heavy atom. The Balaban J connectivity index is 1.82. The number of hydrogen-bond acceptors (Lipinski definition) is 3. The number of rotatable bonds is 5. The van der Waals surface area contributed by atoms with Crippen molar-refractivity contribution in [1.82, 2.24) is 15.6 Å². The zero-order valence-corrected chi connectivity index (χ0v) is 14.2. The van der Waals surface area contributed by atoms with E-state index in [9.17, 15) is 8.78 Å². The van der Waals surface area contributed by atoms with Gasteiger partial charge >= 0.3 is 0 Å². The van der Waals surface area contributed by atoms with Crippen LogP contribution in [0.2, 0.25) is 0 Å². The van der Waals surface area contributed by atoms with Crippen molar-refractivity contribution in [2.75, 3.05) is 13.6 Å². The molecule has 0 fully saturated rings. The van der Waals surface area contributed by atoms with Crippen LogP contribution in [0.25, 0.3) is 0 Å². The summed E-state index contributed by atoms with van der Waals surface area (Å²) in [4.78, 5) is 9.67. The van der Waals surface area contributed by atoms with Gasteiger partial charge in [-0.3, -0.25) is 4.99 Å². The molecule has 0 saturated heterocycles. The molecule has 0 saturated carbocycles. The van der Waals surface area contributed by atoms with E-state index in [1.807, 2.05) is 13.8 Å². The molecule has 1 aromatic heterocycles. The number of aromatic nitrogens is 1. The Morgan fingerprint density at radius 3 is 2.65 bits per heavy atom. The maximum absolute atomic E-state index is 13.6. The molecule has 0 bridgehead atoms. The van der Waals surface area contributed by atoms with Crippen molar-refractivity contribution in [2.45, 2.75) is 26.8 Å². The van der Waals surface area contributed by atoms with E-state index < -0.39 is 11.6 Å². The Labute approximate surface area is 138 Å². The van der Waals surface area contributed by atoms with Crippen LogP contribution in [0.1, 0.15) is 21.1 Å². The number of nitrogens with one attached hydrogen (secondary N) is 2. The van der Waals surface area contributed by atoms with Crippen LogP contribution in [0.15, 0.2) is 23.2 Å². The van der Waals surface area contributed by atoms with Gasteiger partial charge in [0.2, 0.25) is 0 Å². The van der Waals surface area contributed by atoms with E-state index in [0.717, 1.165) is 21.6 Å². The van der Waals surface area contributed by atoms with Gasteiger partial charge in [0.05, 0.1) is 17.2 Å². The molecule has 0 aliphatic carbocycles. The van der Waals surface area contributed by atoms with Crippen molar-refractivity contribution in [3.63, 3.8) is 0 Å². The van der Waals surface area contributed by atoms with Gasteiger partial charge in [-0.15, -0.1) is 11.3 Å². The predicted octanol–water partition coefficient (Wildman–Crippen LogP) is 2.95. The van der Waals surface area contributed by atoms with Crippen LogP contribution in [-0.4, -0.2) is 24.5 Å². The lowest BCUT2D eigenvalue weighted by Crippen LogP contribution is -2.37. The van der Waals surface area contributed by atoms with E-state index in [2.05, 4.69) is 20.6 Å². The molecule has 0 spiro atoms. The van der Waals surface area contributed by atoms with E-state index in [-0.39, 0.29) is 0 Å². The van der Waals surface area contributed by atoms with Gasteiger partial charge in [-0.2, -0.15) is 0 Å². The molecule has 1 aromatic carbocycles. The molecule has 7 heteroatoms. The van der Waals surface area contributed by atoms with E-state index >= 15 is 0 Å². The number of aliphatic imine (C=N–C) groups is 1. The van der Waals surface area contributed by atoms with Crippen molar-refractivity contribution in [3.05, 3.63) is 51.0 Å². The summed E-state index contributed by atoms with van der Waals surface area (Å²) in [7, 11) is 1.68. The largest absolute Gasteiger partial charge is 0.356 e. The van der Waals surface area contributed by atoms with E-state index in [4.69, 9.17) is 0 Å². The fourth-order valence-corrected chi connectivity index (χ4v) is 3.04. The number of guanidine groups is 1. The summed E-state index contributed by atoms with van der Waals surface area (Å²) in [6.45, 7) is 5.10. The molecule has 0 unspecified atom stereocenters. The lowest BCUT2D eigenvalue weighted by molar-refractivity contribution is 0.570. The summed E-state index contributed by atoms with van der Waals surface area (Å²) < 4.78 is 26.4. The zero-order chi connectivity index (χ0) is 16.8. The minimum Gasteiger partial charge on any atom is -0.356 e. The quantitative estimate of drug-likeness (QED) is 0.651. The smallest absolute Gasteiger partial charge is 0.191 e. The van der Waals surface area contributed by atoms with Crippen LogP contribution in [0, 0.1) is 25.5 Å². The Morgan fingerprint density at radius 1 is 1.26 bits per heavy atom. The van der Waals surface area contributed by atoms with Gasteiger partial charge in [0, 0.05) is 24.5 Å². The average molecular weight is 338 g/mol. The maximum atomic E-state index is 13.6. The van der Waals surface area contributed by atoms with Crippen molar-refractivity contribution >= 4 is 17.3 Å². The van der Waals surface area contributed by atoms with Gasteiger partial charge in [0.15, 0.2) is 5.96 Å². The lowest BCUT2D eigenvalue weighted by Gasteiger charge is -2.11. The molecular formula is C16H20F2N4S. The molecule has 23 heavy (non-hydrogen) atoms. The highest BCUT2D eigenvalue weighted by Gasteiger charge is 2.07. The molecule has 0 aliphatic rings. The SMILES string of the molecule is CN=C(NCCc1ccc(F)cc1F)NCc1sc(C)nc1C. The van der Waals surface area contributed by atoms with Crippen molar-refractivity contribution in [2.24, 2.45) is 4.99 Å². The molecule has 124 valence electrons. The van der Waals surface area contributed by atoms with E-state index in [1.54, 1.807) is 18.4 Å². The first-order chi connectivity index (χ1) is 11.0. The van der Waals surface area contributed by atoms with Crippen LogP contribution in [0.3, 0.4) is 0 Å². The van der Waals surface area contributed by atoms with Gasteiger partial charge in [0.25, 0.3) is 0 Å². The summed E-state index contributed by atoms with van der Waals surface area (Å²) in [5.74, 6) is -0.449. The van der Waals surface area contributed by atoms with Crippen molar-refractivity contribution in [1.29, 1.82) is 0 Å². The highest BCUT2D eigenvalue weighted by atomic mass is 32.1. The molecule has 1 heterocycles. The predicted molar refractivity (Wildman–Crippen MR) is 89.9 cm³/mol. The van der Waals surface area contributed by atoms with Crippen molar-refractivity contribution in [3.8, 4) is 0 Å². The summed E-state index contributed by atoms with van der Waals surface area (Å²) in [5.41, 5.74) is 1.49. The second-order valence-corrected chi connectivity index (χ2v) is 6.37. The number of thiazole rings is 1. The van der Waals surface area contributed by atoms with Gasteiger partial charge in [-0.1, -0.05) is 6.07 Å². The molecule has 0 amide bonds. The molecule has 0 aliphatic heterocycles. The van der Waals surface area contributed by atoms with Gasteiger partial charge in [-0.25, -0.2) is 13.8 Å². The summed E-state index contributed by atoms with van der Waals surface area (Å²) in [6.07, 6.45) is 0.450. The van der Waals surface area contributed by atoms with E-state index in [1.165, 1.54) is 12.1 Å². The number of hydrogen-bond donors (Lipinski definition) is 2. The van der Waals surface area contributed by atoms with E-state index in [0.29, 0.717) is 31.0 Å². The Kier molecular flexibility index (Phi) is 6.04. The monoisotopic (exact) mass is 338 g/mol. The first kappa shape index (κ1) is 17.3. The maximum Gasteiger partial charge on any atom is 0.191 e. The second kappa shape index (κ2) is 8.01. The summed E-state index contributed by atoms with van der Waals surface area (Å²) in [6, 6.07) is 3.63. The van der Waals surface area contributed by atoms with Crippen molar-refractivity contribution < 1.29 is 8.78 Å². The third-order valence-electron chi connectivity index (χ3n) is 3.34. The van der Waals surface area contributed by atoms with Crippen LogP contribution in [-0.2, 0) is 13.0 Å². The summed E-state index contributed by atoms with van der Waals surface area (Å²) in [5, 5.41) is 7.36. The van der Waals surface area contributed by atoms with Crippen LogP contribution >= 0.6 is 11.3 Å². The molecule has 0 radical (unpaired) electrons. The Hall–Kier alpha value is -2.02. The first-order valence-electron chi connectivity index (χ1n) is 7.31. The zero-order valence-electron chi connectivity index (χ0n) is 13.4. The fourth-order valence-electron chi connectivity index (χ4n) is 2.16. The number of benzene rings is 1. The van der Waals surface area contributed by atoms with Crippen LogP contribution in [0.5, 0.6) is 0 Å². The molecule has 2 aromatic rings. The number of aryl methyl sites for hydroxylation is 2. The van der Waals surface area contributed by atoms with Gasteiger partial charge < -0.3 is 10.6 Å². The highest BCUT2D eigenvalue weighted by molar-refractivity contribution is 7.11. The molecular weight excluding hydrogens is 318 g/mol. The highest BCUT2D eigenvalue weighted by Crippen LogP contribution is 2.16. The van der Waals surface area contributed by atoms with Crippen LogP contribution < -0.4 is 10.6 Å². The Bertz CT molecular complexity index is 697. The lowest BCUT2D eigenvalue weighted by atomic mass is 10.1. The normalized spacial score (nSPS) is 11.6. The third kappa shape index (κ3) is 4.99.